The van der Waals surface area contributed by atoms with Crippen LogP contribution in [0.25, 0.3) is 93.1 Å². The predicted molar refractivity (Wildman–Crippen MR) is 223 cm³/mol. The summed E-state index contributed by atoms with van der Waals surface area (Å²) in [6.45, 7) is 0. The van der Waals surface area contributed by atoms with Gasteiger partial charge >= 0.3 is 0 Å². The molecule has 0 N–H and O–H groups in total. The minimum absolute atomic E-state index is 0.00430. The highest BCUT2D eigenvalue weighted by Gasteiger charge is 2.30. The Balaban J connectivity index is 1.15. The average molecular weight is 688 g/mol. The molecule has 1 aliphatic carbocycles. The molecule has 0 unspecified atom stereocenters. The molecular formula is C50H29N3O. The number of nitrogens with zero attached hydrogens (tertiary/aromatic N) is 3. The zero-order chi connectivity index (χ0) is 35.2. The van der Waals surface area contributed by atoms with Crippen molar-refractivity contribution in [1.29, 1.82) is 0 Å². The van der Waals surface area contributed by atoms with Crippen molar-refractivity contribution in [2.45, 2.75) is 5.92 Å². The van der Waals surface area contributed by atoms with Gasteiger partial charge in [0.2, 0.25) is 0 Å². The summed E-state index contributed by atoms with van der Waals surface area (Å²) in [5.74, 6) is 0.149. The zero-order valence-electron chi connectivity index (χ0n) is 29.0. The zero-order valence-corrected chi connectivity index (χ0v) is 29.0. The van der Waals surface area contributed by atoms with Crippen LogP contribution in [0.15, 0.2) is 175 Å². The van der Waals surface area contributed by atoms with Crippen LogP contribution in [-0.4, -0.2) is 13.4 Å². The Labute approximate surface area is 308 Å². The minimum Gasteiger partial charge on any atom is -0.309 e. The summed E-state index contributed by atoms with van der Waals surface area (Å²) < 4.78 is 6.68. The van der Waals surface area contributed by atoms with E-state index in [0.29, 0.717) is 5.39 Å². The van der Waals surface area contributed by atoms with Crippen molar-refractivity contribution in [3.8, 4) is 16.8 Å². The second kappa shape index (κ2) is 10.0. The molecule has 54 heavy (non-hydrogen) atoms. The van der Waals surface area contributed by atoms with Crippen molar-refractivity contribution in [3.63, 3.8) is 0 Å². The second-order valence-electron chi connectivity index (χ2n) is 14.8. The Morgan fingerprint density at radius 3 is 1.56 bits per heavy atom. The molecule has 4 aromatic heterocycles. The maximum atomic E-state index is 14.8. The quantitative estimate of drug-likeness (QED) is 0.178. The first-order chi connectivity index (χ1) is 26.7. The van der Waals surface area contributed by atoms with Crippen LogP contribution < -0.4 is 5.56 Å². The third-order valence-electron chi connectivity index (χ3n) is 12.2. The van der Waals surface area contributed by atoms with Gasteiger partial charge in [-0.15, -0.1) is 0 Å². The predicted octanol–water partition coefficient (Wildman–Crippen LogP) is 11.9. The Morgan fingerprint density at radius 2 is 0.870 bits per heavy atom. The monoisotopic (exact) mass is 687 g/mol. The first kappa shape index (κ1) is 28.4. The molecule has 0 saturated carbocycles. The summed E-state index contributed by atoms with van der Waals surface area (Å²) in [7, 11) is 0. The molecule has 12 aromatic rings. The lowest BCUT2D eigenvalue weighted by molar-refractivity contribution is 1.02. The second-order valence-corrected chi connectivity index (χ2v) is 14.8. The van der Waals surface area contributed by atoms with E-state index in [-0.39, 0.29) is 11.5 Å². The molecule has 0 atom stereocenters. The Kier molecular flexibility index (Phi) is 5.28. The number of hydrogen-bond acceptors (Lipinski definition) is 1. The van der Waals surface area contributed by atoms with Crippen LogP contribution in [0.3, 0.4) is 0 Å². The fraction of sp³-hybridized carbons (Fsp3) is 0.0200. The van der Waals surface area contributed by atoms with E-state index in [9.17, 15) is 4.79 Å². The van der Waals surface area contributed by atoms with Gasteiger partial charge in [-0.05, 0) is 82.4 Å². The van der Waals surface area contributed by atoms with Crippen molar-refractivity contribution < 1.29 is 0 Å². The molecule has 0 bridgehead atoms. The van der Waals surface area contributed by atoms with Gasteiger partial charge in [0.1, 0.15) is 0 Å². The number of hydrogen-bond donors (Lipinski definition) is 0. The van der Waals surface area contributed by atoms with Crippen molar-refractivity contribution in [1.82, 2.24) is 13.4 Å². The first-order valence-electron chi connectivity index (χ1n) is 18.6. The summed E-state index contributed by atoms with van der Waals surface area (Å²) in [6.07, 6.45) is 0. The van der Waals surface area contributed by atoms with Crippen LogP contribution in [0, 0.1) is 0 Å². The first-order valence-corrected chi connectivity index (χ1v) is 18.6. The maximum Gasteiger partial charge on any atom is 0.265 e. The lowest BCUT2D eigenvalue weighted by Crippen LogP contribution is -2.09. The Morgan fingerprint density at radius 1 is 0.370 bits per heavy atom. The average Bonchev–Trinajstić information content (AvgIpc) is 3.93. The topological polar surface area (TPSA) is 30.8 Å². The lowest BCUT2D eigenvalue weighted by atomic mass is 9.88. The number of aromatic nitrogens is 3. The van der Waals surface area contributed by atoms with Gasteiger partial charge in [0.25, 0.3) is 5.56 Å². The molecule has 0 spiro atoms. The van der Waals surface area contributed by atoms with E-state index < -0.39 is 0 Å². The molecule has 4 nitrogen and oxygen atoms in total. The van der Waals surface area contributed by atoms with Crippen LogP contribution in [-0.2, 0) is 0 Å². The molecule has 1 aliphatic rings. The molecule has 8 aromatic carbocycles. The minimum atomic E-state index is -0.00430. The molecule has 4 heterocycles. The third-order valence-corrected chi connectivity index (χ3v) is 12.2. The van der Waals surface area contributed by atoms with Crippen LogP contribution in [0.4, 0.5) is 0 Å². The summed E-state index contributed by atoms with van der Waals surface area (Å²) in [6, 6.07) is 61.1. The van der Waals surface area contributed by atoms with Gasteiger partial charge in [0.05, 0.1) is 44.0 Å². The third kappa shape index (κ3) is 3.41. The van der Waals surface area contributed by atoms with Crippen molar-refractivity contribution >= 4 is 76.3 Å². The molecule has 4 heteroatoms. The standard InChI is InChI=1S/C50H29N3O/c54-50-39-17-7-10-20-44(39)52-45-25-21-29(47-35-15-3-1-11-31(35)32-12-2-4-16-36(32)47)27-40(45)37-23-24-38-41-28-30(22-26-46(41)53(50)49(38)48(37)52)51-42-18-8-5-13-33(42)34-14-6-9-19-43(34)51/h1-28,47H. The number of benzene rings is 8. The van der Waals surface area contributed by atoms with Gasteiger partial charge in [0.15, 0.2) is 0 Å². The van der Waals surface area contributed by atoms with Gasteiger partial charge in [-0.3, -0.25) is 9.20 Å². The van der Waals surface area contributed by atoms with E-state index in [1.54, 1.807) is 0 Å². The van der Waals surface area contributed by atoms with Crippen LogP contribution in [0.5, 0.6) is 0 Å². The lowest BCUT2D eigenvalue weighted by Gasteiger charge is -2.15. The molecule has 13 rings (SSSR count). The van der Waals surface area contributed by atoms with Crippen molar-refractivity contribution in [3.05, 3.63) is 197 Å². The molecular weight excluding hydrogens is 659 g/mol. The number of rotatable bonds is 2. The Bertz CT molecular complexity index is 3560. The van der Waals surface area contributed by atoms with Gasteiger partial charge < -0.3 is 8.97 Å². The van der Waals surface area contributed by atoms with E-state index in [2.05, 4.69) is 161 Å². The summed E-state index contributed by atoms with van der Waals surface area (Å²) in [5, 5.41) is 7.63. The van der Waals surface area contributed by atoms with Gasteiger partial charge in [-0.1, -0.05) is 115 Å². The van der Waals surface area contributed by atoms with E-state index >= 15 is 0 Å². The van der Waals surface area contributed by atoms with Crippen LogP contribution in [0.2, 0.25) is 0 Å². The van der Waals surface area contributed by atoms with E-state index in [1.807, 2.05) is 22.6 Å². The summed E-state index contributed by atoms with van der Waals surface area (Å²) >= 11 is 0. The summed E-state index contributed by atoms with van der Waals surface area (Å²) in [4.78, 5) is 14.8. The van der Waals surface area contributed by atoms with Gasteiger partial charge in [0, 0.05) is 43.9 Å². The number of para-hydroxylation sites is 3. The van der Waals surface area contributed by atoms with Gasteiger partial charge in [-0.2, -0.15) is 0 Å². The molecule has 0 amide bonds. The molecule has 250 valence electrons. The molecule has 0 fully saturated rings. The largest absolute Gasteiger partial charge is 0.309 e. The van der Waals surface area contributed by atoms with Crippen molar-refractivity contribution in [2.75, 3.05) is 0 Å². The molecule has 0 radical (unpaired) electrons. The fourth-order valence-electron chi connectivity index (χ4n) is 10.1. The summed E-state index contributed by atoms with van der Waals surface area (Å²) in [5.41, 5.74) is 15.0. The van der Waals surface area contributed by atoms with E-state index in [0.717, 1.165) is 49.4 Å². The van der Waals surface area contributed by atoms with E-state index in [4.69, 9.17) is 0 Å². The van der Waals surface area contributed by atoms with Crippen molar-refractivity contribution in [2.24, 2.45) is 0 Å². The van der Waals surface area contributed by atoms with Crippen LogP contribution in [0.1, 0.15) is 22.6 Å². The van der Waals surface area contributed by atoms with Gasteiger partial charge in [-0.25, -0.2) is 0 Å². The maximum absolute atomic E-state index is 14.8. The number of fused-ring (bicyclic) bond motifs is 14. The van der Waals surface area contributed by atoms with Crippen LogP contribution >= 0.6 is 0 Å². The molecule has 0 aliphatic heterocycles. The highest BCUT2D eigenvalue weighted by atomic mass is 16.1. The molecule has 0 saturated heterocycles. The normalized spacial score (nSPS) is 13.2. The SMILES string of the molecule is O=c1c2ccccc2n2c3ccc(C4c5ccccc5-c5ccccc54)cc3c3ccc4c5cc(-n6c7ccccc7c7ccccc76)ccc5n1c4c32. The van der Waals surface area contributed by atoms with E-state index in [1.165, 1.54) is 55.0 Å². The fourth-order valence-corrected chi connectivity index (χ4v) is 10.1. The smallest absolute Gasteiger partial charge is 0.265 e. The highest BCUT2D eigenvalue weighted by molar-refractivity contribution is 6.24. The highest BCUT2D eigenvalue weighted by Crippen LogP contribution is 2.49. The Hall–Kier alpha value is -7.17.